The molecule has 0 atom stereocenters. The predicted octanol–water partition coefficient (Wildman–Crippen LogP) is 6.28. The summed E-state index contributed by atoms with van der Waals surface area (Å²) in [6, 6.07) is 16.7. The number of nitrogens with zero attached hydrogens (tertiary/aromatic N) is 1. The van der Waals surface area contributed by atoms with Crippen LogP contribution >= 0.6 is 11.3 Å². The monoisotopic (exact) mass is 397 g/mol. The van der Waals surface area contributed by atoms with E-state index in [1.807, 2.05) is 25.1 Å². The lowest BCUT2D eigenvalue weighted by Crippen LogP contribution is -2.03. The Morgan fingerprint density at radius 3 is 2.46 bits per heavy atom. The summed E-state index contributed by atoms with van der Waals surface area (Å²) in [5.74, 6) is -0.372. The van der Waals surface area contributed by atoms with Crippen LogP contribution in [0.2, 0.25) is 0 Å². The zero-order valence-electron chi connectivity index (χ0n) is 16.0. The van der Waals surface area contributed by atoms with Crippen LogP contribution in [0.4, 0.5) is 4.39 Å². The van der Waals surface area contributed by atoms with E-state index in [1.54, 1.807) is 23.5 Å². The maximum atomic E-state index is 13.3. The molecule has 0 aliphatic heterocycles. The zero-order valence-corrected chi connectivity index (χ0v) is 16.8. The van der Waals surface area contributed by atoms with Crippen LogP contribution in [-0.4, -0.2) is 17.6 Å². The Morgan fingerprint density at radius 2 is 1.75 bits per heavy atom. The van der Waals surface area contributed by atoms with Gasteiger partial charge in [0.2, 0.25) is 0 Å². The first-order valence-electron chi connectivity index (χ1n) is 9.64. The number of carbonyl (C=O) groups excluding carboxylic acids is 1. The number of hydrogen-bond donors (Lipinski definition) is 0. The van der Waals surface area contributed by atoms with Crippen LogP contribution in [0.25, 0.3) is 21.7 Å². The Labute approximate surface area is 169 Å². The van der Waals surface area contributed by atoms with Gasteiger partial charge in [-0.15, -0.1) is 11.3 Å². The van der Waals surface area contributed by atoms with Crippen molar-refractivity contribution in [3.05, 3.63) is 65.4 Å². The summed E-state index contributed by atoms with van der Waals surface area (Å²) in [6.45, 7) is 2.26. The minimum atomic E-state index is -0.248. The number of ether oxygens (including phenoxy) is 1. The zero-order chi connectivity index (χ0) is 19.8. The molecule has 0 saturated heterocycles. The topological polar surface area (TPSA) is 39.2 Å². The number of hydrogen-bond acceptors (Lipinski definition) is 4. The van der Waals surface area contributed by atoms with Crippen molar-refractivity contribution in [1.29, 1.82) is 0 Å². The van der Waals surface area contributed by atoms with Gasteiger partial charge in [-0.25, -0.2) is 9.37 Å². The summed E-state index contributed by atoms with van der Waals surface area (Å²) < 4.78 is 18.3. The van der Waals surface area contributed by atoms with Gasteiger partial charge in [-0.3, -0.25) is 4.79 Å². The molecule has 1 aromatic heterocycles. The Morgan fingerprint density at radius 1 is 1.00 bits per heavy atom. The second kappa shape index (κ2) is 10.1. The molecule has 0 N–H and O–H groups in total. The van der Waals surface area contributed by atoms with E-state index >= 15 is 0 Å². The quantitative estimate of drug-likeness (QED) is 0.315. The summed E-state index contributed by atoms with van der Waals surface area (Å²) >= 11 is 1.69. The second-order valence-electron chi connectivity index (χ2n) is 6.52. The molecule has 3 nitrogen and oxygen atoms in total. The molecular weight excluding hydrogens is 373 g/mol. The lowest BCUT2D eigenvalue weighted by atomic mass is 10.1. The van der Waals surface area contributed by atoms with E-state index in [9.17, 15) is 9.18 Å². The van der Waals surface area contributed by atoms with Gasteiger partial charge in [0.15, 0.2) is 0 Å². The van der Waals surface area contributed by atoms with Crippen molar-refractivity contribution in [3.63, 3.8) is 0 Å². The summed E-state index contributed by atoms with van der Waals surface area (Å²) in [5, 5.41) is 1.06. The molecule has 1 heterocycles. The number of benzene rings is 2. The SMILES string of the molecule is CCOC(=O)CCCCCc1nc(-c2ccc(F)cc2)c(-c2ccccc2)s1. The van der Waals surface area contributed by atoms with Gasteiger partial charge in [0.05, 0.1) is 22.2 Å². The summed E-state index contributed by atoms with van der Waals surface area (Å²) in [4.78, 5) is 17.4. The molecule has 146 valence electrons. The van der Waals surface area contributed by atoms with E-state index in [0.29, 0.717) is 13.0 Å². The fourth-order valence-corrected chi connectivity index (χ4v) is 4.15. The van der Waals surface area contributed by atoms with E-state index in [0.717, 1.165) is 52.4 Å². The van der Waals surface area contributed by atoms with Gasteiger partial charge in [0.25, 0.3) is 0 Å². The minimum Gasteiger partial charge on any atom is -0.466 e. The molecule has 3 aromatic rings. The number of esters is 1. The third-order valence-corrected chi connectivity index (χ3v) is 5.57. The molecule has 0 spiro atoms. The first-order valence-corrected chi connectivity index (χ1v) is 10.5. The average molecular weight is 398 g/mol. The molecular formula is C23H24FNO2S. The van der Waals surface area contributed by atoms with E-state index < -0.39 is 0 Å². The Hall–Kier alpha value is -2.53. The van der Waals surface area contributed by atoms with Gasteiger partial charge in [0, 0.05) is 12.0 Å². The second-order valence-corrected chi connectivity index (χ2v) is 7.61. The van der Waals surface area contributed by atoms with Crippen LogP contribution in [0.15, 0.2) is 54.6 Å². The van der Waals surface area contributed by atoms with Gasteiger partial charge in [-0.2, -0.15) is 0 Å². The highest BCUT2D eigenvalue weighted by molar-refractivity contribution is 7.15. The normalized spacial score (nSPS) is 10.8. The Bertz CT molecular complexity index is 891. The van der Waals surface area contributed by atoms with Crippen molar-refractivity contribution < 1.29 is 13.9 Å². The third kappa shape index (κ3) is 5.49. The predicted molar refractivity (Wildman–Crippen MR) is 112 cm³/mol. The molecule has 2 aromatic carbocycles. The molecule has 5 heteroatoms. The number of unbranched alkanes of at least 4 members (excludes halogenated alkanes) is 2. The number of aryl methyl sites for hydroxylation is 1. The highest BCUT2D eigenvalue weighted by Gasteiger charge is 2.15. The summed E-state index contributed by atoms with van der Waals surface area (Å²) in [6.07, 6.45) is 4.12. The number of halogens is 1. The Kier molecular flexibility index (Phi) is 7.31. The van der Waals surface area contributed by atoms with Crippen LogP contribution in [0.5, 0.6) is 0 Å². The van der Waals surface area contributed by atoms with Crippen LogP contribution in [0, 0.1) is 5.82 Å². The fraction of sp³-hybridized carbons (Fsp3) is 0.304. The molecule has 3 rings (SSSR count). The van der Waals surface area contributed by atoms with Crippen molar-refractivity contribution in [2.45, 2.75) is 39.0 Å². The van der Waals surface area contributed by atoms with Gasteiger partial charge >= 0.3 is 5.97 Å². The van der Waals surface area contributed by atoms with E-state index in [4.69, 9.17) is 9.72 Å². The standard InChI is InChI=1S/C23H24FNO2S/c1-2-27-21(26)12-8-4-7-11-20-25-22(17-13-15-19(24)16-14-17)23(28-20)18-9-5-3-6-10-18/h3,5-6,9-10,13-16H,2,4,7-8,11-12H2,1H3. The van der Waals surface area contributed by atoms with Gasteiger partial charge in [0.1, 0.15) is 5.82 Å². The number of carbonyl (C=O) groups is 1. The Balaban J connectivity index is 1.71. The maximum Gasteiger partial charge on any atom is 0.305 e. The van der Waals surface area contributed by atoms with Crippen LogP contribution < -0.4 is 0 Å². The van der Waals surface area contributed by atoms with Crippen molar-refractivity contribution >= 4 is 17.3 Å². The van der Waals surface area contributed by atoms with Crippen LogP contribution in [-0.2, 0) is 16.0 Å². The third-order valence-electron chi connectivity index (χ3n) is 4.40. The molecule has 0 aliphatic rings. The van der Waals surface area contributed by atoms with E-state index in [-0.39, 0.29) is 11.8 Å². The summed E-state index contributed by atoms with van der Waals surface area (Å²) in [5.41, 5.74) is 2.94. The van der Waals surface area contributed by atoms with E-state index in [2.05, 4.69) is 12.1 Å². The minimum absolute atomic E-state index is 0.123. The highest BCUT2D eigenvalue weighted by Crippen LogP contribution is 2.37. The first-order chi connectivity index (χ1) is 13.7. The average Bonchev–Trinajstić information content (AvgIpc) is 3.13. The van der Waals surface area contributed by atoms with E-state index in [1.165, 1.54) is 12.1 Å². The lowest BCUT2D eigenvalue weighted by Gasteiger charge is -2.02. The largest absolute Gasteiger partial charge is 0.466 e. The first kappa shape index (κ1) is 20.2. The molecule has 0 radical (unpaired) electrons. The smallest absolute Gasteiger partial charge is 0.305 e. The van der Waals surface area contributed by atoms with Crippen molar-refractivity contribution in [2.24, 2.45) is 0 Å². The fourth-order valence-electron chi connectivity index (χ4n) is 3.02. The van der Waals surface area contributed by atoms with Gasteiger partial charge < -0.3 is 4.74 Å². The van der Waals surface area contributed by atoms with Crippen LogP contribution in [0.1, 0.15) is 37.6 Å². The van der Waals surface area contributed by atoms with Crippen LogP contribution in [0.3, 0.4) is 0 Å². The molecule has 0 bridgehead atoms. The number of rotatable bonds is 9. The molecule has 0 amide bonds. The van der Waals surface area contributed by atoms with Crippen molar-refractivity contribution in [1.82, 2.24) is 4.98 Å². The molecule has 0 fully saturated rings. The lowest BCUT2D eigenvalue weighted by molar-refractivity contribution is -0.143. The molecule has 0 aliphatic carbocycles. The van der Waals surface area contributed by atoms with Gasteiger partial charge in [-0.05, 0) is 56.0 Å². The van der Waals surface area contributed by atoms with Crippen molar-refractivity contribution in [2.75, 3.05) is 6.61 Å². The molecule has 28 heavy (non-hydrogen) atoms. The summed E-state index contributed by atoms with van der Waals surface area (Å²) in [7, 11) is 0. The highest BCUT2D eigenvalue weighted by atomic mass is 32.1. The maximum absolute atomic E-state index is 13.3. The number of thiazole rings is 1. The molecule has 0 saturated carbocycles. The molecule has 0 unspecified atom stereocenters. The van der Waals surface area contributed by atoms with Gasteiger partial charge in [-0.1, -0.05) is 36.8 Å². The van der Waals surface area contributed by atoms with Crippen molar-refractivity contribution in [3.8, 4) is 21.7 Å². The number of aromatic nitrogens is 1.